The summed E-state index contributed by atoms with van der Waals surface area (Å²) < 4.78 is 13.6. The highest BCUT2D eigenvalue weighted by Crippen LogP contribution is 2.44. The molecule has 1 N–H and O–H groups in total. The van der Waals surface area contributed by atoms with Gasteiger partial charge in [-0.25, -0.2) is 4.39 Å². The van der Waals surface area contributed by atoms with Crippen LogP contribution in [-0.2, 0) is 0 Å². The Bertz CT molecular complexity index is 945. The van der Waals surface area contributed by atoms with Crippen molar-refractivity contribution in [3.8, 4) is 22.3 Å². The summed E-state index contributed by atoms with van der Waals surface area (Å²) in [5.74, 6) is 0.0897. The van der Waals surface area contributed by atoms with Crippen molar-refractivity contribution >= 4 is 0 Å². The van der Waals surface area contributed by atoms with E-state index in [4.69, 9.17) is 4.98 Å². The number of halogens is 1. The molecule has 146 valence electrons. The fraction of sp³-hybridized carbons (Fsp3) is 0.320. The summed E-state index contributed by atoms with van der Waals surface area (Å²) >= 11 is 0. The minimum atomic E-state index is -0.686. The van der Waals surface area contributed by atoms with E-state index >= 15 is 0 Å². The number of aromatic nitrogens is 1. The Morgan fingerprint density at radius 3 is 1.75 bits per heavy atom. The molecule has 0 aliphatic heterocycles. The fourth-order valence-corrected chi connectivity index (χ4v) is 3.73. The Hall–Kier alpha value is -2.52. The van der Waals surface area contributed by atoms with E-state index in [1.54, 1.807) is 19.1 Å². The summed E-state index contributed by atoms with van der Waals surface area (Å²) in [7, 11) is 0. The van der Waals surface area contributed by atoms with Crippen LogP contribution in [0.5, 0.6) is 0 Å². The van der Waals surface area contributed by atoms with Gasteiger partial charge in [-0.2, -0.15) is 0 Å². The third-order valence-electron chi connectivity index (χ3n) is 5.00. The second-order valence-corrected chi connectivity index (χ2v) is 7.90. The number of aliphatic hydroxyl groups excluding tert-OH is 1. The molecule has 3 rings (SSSR count). The predicted molar refractivity (Wildman–Crippen MR) is 114 cm³/mol. The summed E-state index contributed by atoms with van der Waals surface area (Å²) in [4.78, 5) is 5.04. The molecule has 0 amide bonds. The van der Waals surface area contributed by atoms with E-state index in [0.717, 1.165) is 39.2 Å². The minimum absolute atomic E-state index is 0.158. The van der Waals surface area contributed by atoms with Crippen LogP contribution in [-0.4, -0.2) is 10.1 Å². The molecule has 0 fully saturated rings. The number of aliphatic hydroxyl groups is 1. The lowest BCUT2D eigenvalue weighted by Gasteiger charge is -2.26. The fourth-order valence-electron chi connectivity index (χ4n) is 3.73. The van der Waals surface area contributed by atoms with Crippen LogP contribution in [0.4, 0.5) is 4.39 Å². The van der Waals surface area contributed by atoms with Crippen LogP contribution in [0.3, 0.4) is 0 Å². The molecule has 0 aliphatic carbocycles. The molecular formula is C25H28FNO. The van der Waals surface area contributed by atoms with Gasteiger partial charge in [-0.05, 0) is 47.6 Å². The molecule has 1 heterocycles. The van der Waals surface area contributed by atoms with Crippen LogP contribution < -0.4 is 0 Å². The molecule has 1 unspecified atom stereocenters. The van der Waals surface area contributed by atoms with Crippen LogP contribution in [0.25, 0.3) is 22.3 Å². The first-order valence-electron chi connectivity index (χ1n) is 9.88. The van der Waals surface area contributed by atoms with Crippen LogP contribution in [0.2, 0.25) is 0 Å². The van der Waals surface area contributed by atoms with Crippen LogP contribution in [0, 0.1) is 5.82 Å². The van der Waals surface area contributed by atoms with Crippen molar-refractivity contribution in [3.05, 3.63) is 77.4 Å². The second kappa shape index (κ2) is 8.24. The van der Waals surface area contributed by atoms with E-state index in [9.17, 15) is 9.50 Å². The number of hydrogen-bond acceptors (Lipinski definition) is 2. The van der Waals surface area contributed by atoms with E-state index in [1.807, 2.05) is 18.2 Å². The molecule has 3 heteroatoms. The number of nitrogens with zero attached hydrogens (tertiary/aromatic N) is 1. The van der Waals surface area contributed by atoms with Crippen molar-refractivity contribution in [1.29, 1.82) is 0 Å². The van der Waals surface area contributed by atoms with Crippen molar-refractivity contribution in [3.63, 3.8) is 0 Å². The SMILES string of the molecule is CC(C)c1nc(C(C)C)c(C(C)O)c(-c2ccc(F)cc2)c1-c1ccccc1. The molecular weight excluding hydrogens is 349 g/mol. The van der Waals surface area contributed by atoms with E-state index in [0.29, 0.717) is 0 Å². The standard InChI is InChI=1S/C25H28FNO/c1-15(2)24-21(17(5)28)22(19-11-13-20(26)14-12-19)23(25(27-24)16(3)4)18-9-7-6-8-10-18/h6-17,28H,1-5H3. The van der Waals surface area contributed by atoms with Crippen LogP contribution in [0.15, 0.2) is 54.6 Å². The highest BCUT2D eigenvalue weighted by Gasteiger charge is 2.26. The maximum absolute atomic E-state index is 13.6. The van der Waals surface area contributed by atoms with Crippen molar-refractivity contribution in [2.45, 2.75) is 52.6 Å². The van der Waals surface area contributed by atoms with E-state index in [2.05, 4.69) is 39.8 Å². The summed E-state index contributed by atoms with van der Waals surface area (Å²) in [6, 6.07) is 16.7. The lowest BCUT2D eigenvalue weighted by Crippen LogP contribution is -2.12. The number of pyridine rings is 1. The number of hydrogen-bond donors (Lipinski definition) is 1. The summed E-state index contributed by atoms with van der Waals surface area (Å²) in [5, 5.41) is 10.7. The summed E-state index contributed by atoms with van der Waals surface area (Å²) in [6.45, 7) is 10.2. The van der Waals surface area contributed by atoms with E-state index in [1.165, 1.54) is 12.1 Å². The smallest absolute Gasteiger partial charge is 0.123 e. The maximum Gasteiger partial charge on any atom is 0.123 e. The molecule has 0 aliphatic rings. The molecule has 2 aromatic carbocycles. The quantitative estimate of drug-likeness (QED) is 0.527. The van der Waals surface area contributed by atoms with Crippen LogP contribution in [0.1, 0.15) is 69.5 Å². The normalized spacial score (nSPS) is 12.6. The largest absolute Gasteiger partial charge is 0.389 e. The molecule has 0 spiro atoms. The second-order valence-electron chi connectivity index (χ2n) is 7.90. The molecule has 0 radical (unpaired) electrons. The molecule has 0 bridgehead atoms. The third-order valence-corrected chi connectivity index (χ3v) is 5.00. The van der Waals surface area contributed by atoms with Gasteiger partial charge >= 0.3 is 0 Å². The molecule has 1 aromatic heterocycles. The lowest BCUT2D eigenvalue weighted by molar-refractivity contribution is 0.197. The van der Waals surface area contributed by atoms with Gasteiger partial charge in [0.25, 0.3) is 0 Å². The zero-order valence-electron chi connectivity index (χ0n) is 17.2. The average molecular weight is 378 g/mol. The van der Waals surface area contributed by atoms with Crippen molar-refractivity contribution in [2.75, 3.05) is 0 Å². The van der Waals surface area contributed by atoms with Gasteiger partial charge in [-0.3, -0.25) is 4.98 Å². The maximum atomic E-state index is 13.6. The van der Waals surface area contributed by atoms with Crippen molar-refractivity contribution in [1.82, 2.24) is 4.98 Å². The van der Waals surface area contributed by atoms with Crippen molar-refractivity contribution in [2.24, 2.45) is 0 Å². The predicted octanol–water partition coefficient (Wildman–Crippen LogP) is 6.85. The summed E-state index contributed by atoms with van der Waals surface area (Å²) in [6.07, 6.45) is -0.686. The van der Waals surface area contributed by atoms with Crippen LogP contribution >= 0.6 is 0 Å². The highest BCUT2D eigenvalue weighted by atomic mass is 19.1. The van der Waals surface area contributed by atoms with E-state index < -0.39 is 6.10 Å². The third kappa shape index (κ3) is 3.85. The molecule has 3 aromatic rings. The topological polar surface area (TPSA) is 33.1 Å². The van der Waals surface area contributed by atoms with Crippen molar-refractivity contribution < 1.29 is 9.50 Å². The van der Waals surface area contributed by atoms with E-state index in [-0.39, 0.29) is 17.7 Å². The van der Waals surface area contributed by atoms with Gasteiger partial charge in [0.15, 0.2) is 0 Å². The molecule has 0 saturated carbocycles. The van der Waals surface area contributed by atoms with Gasteiger partial charge < -0.3 is 5.11 Å². The first-order valence-corrected chi connectivity index (χ1v) is 9.88. The minimum Gasteiger partial charge on any atom is -0.389 e. The van der Waals surface area contributed by atoms with Gasteiger partial charge in [0.2, 0.25) is 0 Å². The number of benzene rings is 2. The molecule has 1 atom stereocenters. The van der Waals surface area contributed by atoms with Gasteiger partial charge in [-0.1, -0.05) is 70.2 Å². The molecule has 28 heavy (non-hydrogen) atoms. The summed E-state index contributed by atoms with van der Waals surface area (Å²) in [5.41, 5.74) is 6.63. The van der Waals surface area contributed by atoms with Gasteiger partial charge in [0.05, 0.1) is 11.8 Å². The Morgan fingerprint density at radius 2 is 1.25 bits per heavy atom. The van der Waals surface area contributed by atoms with Gasteiger partial charge in [0.1, 0.15) is 5.82 Å². The monoisotopic (exact) mass is 377 g/mol. The average Bonchev–Trinajstić information content (AvgIpc) is 2.67. The first kappa shape index (κ1) is 20.2. The Balaban J connectivity index is 2.51. The number of rotatable bonds is 5. The lowest BCUT2D eigenvalue weighted by atomic mass is 9.83. The zero-order valence-corrected chi connectivity index (χ0v) is 17.2. The molecule has 0 saturated heterocycles. The molecule has 2 nitrogen and oxygen atoms in total. The Labute approximate surface area is 167 Å². The van der Waals surface area contributed by atoms with Gasteiger partial charge in [-0.15, -0.1) is 0 Å². The first-order chi connectivity index (χ1) is 13.3. The Kier molecular flexibility index (Phi) is 5.95. The van der Waals surface area contributed by atoms with Gasteiger partial charge in [0, 0.05) is 16.8 Å². The zero-order chi connectivity index (χ0) is 20.4. The highest BCUT2D eigenvalue weighted by molar-refractivity contribution is 5.88. The Morgan fingerprint density at radius 1 is 0.714 bits per heavy atom.